The summed E-state index contributed by atoms with van der Waals surface area (Å²) < 4.78 is 15.1. The van der Waals surface area contributed by atoms with Crippen molar-refractivity contribution < 1.29 is 14.1 Å². The van der Waals surface area contributed by atoms with Gasteiger partial charge in [0.25, 0.3) is 5.91 Å². The molecule has 2 aliphatic rings. The molecular weight excluding hydrogens is 397 g/mol. The Morgan fingerprint density at radius 1 is 1.00 bits per heavy atom. The molecule has 7 heteroatoms. The molecule has 0 bridgehead atoms. The number of benzene rings is 3. The molecule has 1 fully saturated rings. The van der Waals surface area contributed by atoms with Crippen molar-refractivity contribution >= 4 is 11.6 Å². The van der Waals surface area contributed by atoms with Gasteiger partial charge in [-0.1, -0.05) is 66.7 Å². The van der Waals surface area contributed by atoms with Crippen LogP contribution in [0, 0.1) is 15.9 Å². The maximum Gasteiger partial charge on any atom is 0.252 e. The van der Waals surface area contributed by atoms with E-state index in [1.165, 1.54) is 11.0 Å². The van der Waals surface area contributed by atoms with Gasteiger partial charge in [-0.15, -0.1) is 0 Å². The van der Waals surface area contributed by atoms with E-state index in [0.717, 1.165) is 0 Å². The molecule has 31 heavy (non-hydrogen) atoms. The van der Waals surface area contributed by atoms with Crippen LogP contribution in [-0.4, -0.2) is 23.9 Å². The molecule has 0 aliphatic carbocycles. The van der Waals surface area contributed by atoms with E-state index in [-0.39, 0.29) is 16.4 Å². The van der Waals surface area contributed by atoms with Crippen LogP contribution in [0.3, 0.4) is 0 Å². The number of nitro groups is 1. The van der Waals surface area contributed by atoms with E-state index in [1.807, 2.05) is 12.1 Å². The van der Waals surface area contributed by atoms with Gasteiger partial charge in [0.15, 0.2) is 0 Å². The van der Waals surface area contributed by atoms with Crippen LogP contribution < -0.4 is 10.2 Å². The number of nitrogens with zero attached hydrogens (tertiary/aromatic N) is 2. The molecule has 2 aliphatic heterocycles. The smallest absolute Gasteiger partial charge is 0.252 e. The first-order chi connectivity index (χ1) is 15.0. The Bertz CT molecular complexity index is 1190. The zero-order chi connectivity index (χ0) is 21.8. The summed E-state index contributed by atoms with van der Waals surface area (Å²) in [7, 11) is 1.65. The van der Waals surface area contributed by atoms with Gasteiger partial charge in [-0.2, -0.15) is 0 Å². The number of carbonyl (C=O) groups is 1. The normalized spacial score (nSPS) is 27.0. The number of fused-ring (bicyclic) bond motifs is 2. The third-order valence-electron chi connectivity index (χ3n) is 6.51. The van der Waals surface area contributed by atoms with Gasteiger partial charge in [-0.05, 0) is 17.7 Å². The number of amides is 1. The van der Waals surface area contributed by atoms with Crippen molar-refractivity contribution in [2.75, 3.05) is 11.9 Å². The molecule has 2 heterocycles. The van der Waals surface area contributed by atoms with Gasteiger partial charge in [0.2, 0.25) is 6.04 Å². The summed E-state index contributed by atoms with van der Waals surface area (Å²) in [5.41, 5.74) is 0.681. The topological polar surface area (TPSA) is 75.5 Å². The van der Waals surface area contributed by atoms with Gasteiger partial charge >= 0.3 is 0 Å². The van der Waals surface area contributed by atoms with E-state index < -0.39 is 29.4 Å². The minimum atomic E-state index is -1.45. The largest absolute Gasteiger partial charge is 0.313 e. The molecule has 5 rings (SSSR count). The minimum absolute atomic E-state index is 0.161. The first kappa shape index (κ1) is 19.4. The van der Waals surface area contributed by atoms with E-state index >= 15 is 4.39 Å². The van der Waals surface area contributed by atoms with Gasteiger partial charge in [-0.25, -0.2) is 4.39 Å². The Kier molecular flexibility index (Phi) is 4.37. The van der Waals surface area contributed by atoms with Crippen LogP contribution in [0.5, 0.6) is 0 Å². The first-order valence-corrected chi connectivity index (χ1v) is 10.0. The van der Waals surface area contributed by atoms with Gasteiger partial charge in [0.05, 0.1) is 5.92 Å². The number of likely N-dealkylation sites (N-methyl/N-ethyl adjacent to an activating group) is 1. The van der Waals surface area contributed by atoms with E-state index in [0.29, 0.717) is 16.8 Å². The second-order valence-electron chi connectivity index (χ2n) is 8.00. The van der Waals surface area contributed by atoms with Crippen molar-refractivity contribution in [2.45, 2.75) is 23.5 Å². The monoisotopic (exact) mass is 417 g/mol. The highest BCUT2D eigenvalue weighted by Crippen LogP contribution is 2.56. The molecule has 0 radical (unpaired) electrons. The summed E-state index contributed by atoms with van der Waals surface area (Å²) >= 11 is 0. The number of carbonyl (C=O) groups excluding carboxylic acids is 1. The predicted octanol–water partition coefficient (Wildman–Crippen LogP) is 3.77. The summed E-state index contributed by atoms with van der Waals surface area (Å²) in [6, 6.07) is 20.2. The molecule has 4 atom stereocenters. The SMILES string of the molecule is CN1C(=O)C2(N[C@@H](c3ccccc3)[C@@H]([N+](=O)[O-])[C@H]2c2ccccc2F)c2ccccc21. The van der Waals surface area contributed by atoms with Crippen molar-refractivity contribution in [2.24, 2.45) is 0 Å². The zero-order valence-corrected chi connectivity index (χ0v) is 16.7. The molecule has 1 saturated heterocycles. The van der Waals surface area contributed by atoms with Gasteiger partial charge in [0, 0.05) is 28.8 Å². The van der Waals surface area contributed by atoms with Crippen LogP contribution in [0.15, 0.2) is 78.9 Å². The molecule has 6 nitrogen and oxygen atoms in total. The molecule has 3 aromatic carbocycles. The van der Waals surface area contributed by atoms with Gasteiger partial charge < -0.3 is 4.90 Å². The fraction of sp³-hybridized carbons (Fsp3) is 0.208. The molecule has 0 saturated carbocycles. The predicted molar refractivity (Wildman–Crippen MR) is 114 cm³/mol. The van der Waals surface area contributed by atoms with Gasteiger partial charge in [-0.3, -0.25) is 20.2 Å². The summed E-state index contributed by atoms with van der Waals surface area (Å²) in [4.78, 5) is 27.3. The molecule has 1 amide bonds. The second kappa shape index (κ2) is 6.99. The standard InChI is InChI=1S/C24H20FN3O3/c1-27-19-14-8-6-12-17(19)24(23(27)29)20(16-11-5-7-13-18(16)25)22(28(30)31)21(26-24)15-9-3-2-4-10-15/h2-14,20-22,26H,1H3/t20-,21+,22+,24?/m1/s1. The van der Waals surface area contributed by atoms with Crippen LogP contribution in [0.1, 0.15) is 28.7 Å². The Morgan fingerprint density at radius 3 is 2.35 bits per heavy atom. The van der Waals surface area contributed by atoms with E-state index in [4.69, 9.17) is 0 Å². The minimum Gasteiger partial charge on any atom is -0.313 e. The van der Waals surface area contributed by atoms with Crippen molar-refractivity contribution in [3.05, 3.63) is 111 Å². The third kappa shape index (κ3) is 2.63. The summed E-state index contributed by atoms with van der Waals surface area (Å²) in [6.45, 7) is 0. The third-order valence-corrected chi connectivity index (χ3v) is 6.51. The fourth-order valence-corrected chi connectivity index (χ4v) is 5.23. The average Bonchev–Trinajstić information content (AvgIpc) is 3.25. The molecule has 1 N–H and O–H groups in total. The van der Waals surface area contributed by atoms with Gasteiger partial charge in [0.1, 0.15) is 17.4 Å². The molecule has 1 unspecified atom stereocenters. The fourth-order valence-electron chi connectivity index (χ4n) is 5.23. The Labute approximate surface area is 178 Å². The summed E-state index contributed by atoms with van der Waals surface area (Å²) in [6.07, 6.45) is 0. The highest BCUT2D eigenvalue weighted by molar-refractivity contribution is 6.08. The first-order valence-electron chi connectivity index (χ1n) is 10.0. The molecular formula is C24H20FN3O3. The molecule has 1 spiro atoms. The summed E-state index contributed by atoms with van der Waals surface area (Å²) in [5.74, 6) is -1.92. The number of halogens is 1. The van der Waals surface area contributed by atoms with Crippen LogP contribution >= 0.6 is 0 Å². The lowest BCUT2D eigenvalue weighted by Gasteiger charge is -2.30. The second-order valence-corrected chi connectivity index (χ2v) is 8.00. The molecule has 0 aromatic heterocycles. The average molecular weight is 417 g/mol. The van der Waals surface area contributed by atoms with Crippen LogP contribution in [0.4, 0.5) is 10.1 Å². The highest BCUT2D eigenvalue weighted by Gasteiger charge is 2.68. The number of anilines is 1. The van der Waals surface area contributed by atoms with E-state index in [9.17, 15) is 14.9 Å². The van der Waals surface area contributed by atoms with Crippen LogP contribution in [0.2, 0.25) is 0 Å². The number of rotatable bonds is 3. The quantitative estimate of drug-likeness (QED) is 0.520. The lowest BCUT2D eigenvalue weighted by Crippen LogP contribution is -2.50. The lowest BCUT2D eigenvalue weighted by atomic mass is 9.74. The van der Waals surface area contributed by atoms with E-state index in [2.05, 4.69) is 5.32 Å². The van der Waals surface area contributed by atoms with Crippen molar-refractivity contribution in [1.29, 1.82) is 0 Å². The van der Waals surface area contributed by atoms with Crippen LogP contribution in [-0.2, 0) is 10.3 Å². The lowest BCUT2D eigenvalue weighted by molar-refractivity contribution is -0.528. The number of hydrogen-bond acceptors (Lipinski definition) is 4. The summed E-state index contributed by atoms with van der Waals surface area (Å²) in [5, 5.41) is 15.8. The van der Waals surface area contributed by atoms with Crippen molar-refractivity contribution in [1.82, 2.24) is 5.32 Å². The Morgan fingerprint density at radius 2 is 1.65 bits per heavy atom. The maximum atomic E-state index is 15.1. The zero-order valence-electron chi connectivity index (χ0n) is 16.7. The van der Waals surface area contributed by atoms with E-state index in [1.54, 1.807) is 67.7 Å². The van der Waals surface area contributed by atoms with Crippen molar-refractivity contribution in [3.63, 3.8) is 0 Å². The molecule has 156 valence electrons. The number of nitrogens with one attached hydrogen (secondary N) is 1. The van der Waals surface area contributed by atoms with Crippen molar-refractivity contribution in [3.8, 4) is 0 Å². The Hall–Kier alpha value is -3.58. The number of para-hydroxylation sites is 1. The number of hydrogen-bond donors (Lipinski definition) is 1. The van der Waals surface area contributed by atoms with Crippen LogP contribution in [0.25, 0.3) is 0 Å². The highest BCUT2D eigenvalue weighted by atomic mass is 19.1. The Balaban J connectivity index is 1.82. The maximum absolute atomic E-state index is 15.1. The molecule has 3 aromatic rings.